The van der Waals surface area contributed by atoms with Crippen LogP contribution in [0.2, 0.25) is 0 Å². The first-order valence-corrected chi connectivity index (χ1v) is 9.39. The van der Waals surface area contributed by atoms with Crippen molar-refractivity contribution in [2.24, 2.45) is 5.89 Å². The molecule has 0 amide bonds. The van der Waals surface area contributed by atoms with E-state index in [0.717, 1.165) is 33.3 Å². The van der Waals surface area contributed by atoms with E-state index in [1.165, 1.54) is 6.20 Å². The first kappa shape index (κ1) is 10.2. The van der Waals surface area contributed by atoms with Crippen LogP contribution in [0, 0.1) is 12.8 Å². The zero-order chi connectivity index (χ0) is 27.3. The molecule has 0 bridgehead atoms. The summed E-state index contributed by atoms with van der Waals surface area (Å²) < 4.78 is 80.5. The fourth-order valence-corrected chi connectivity index (χ4v) is 4.00. The number of hydrogen-bond acceptors (Lipinski definition) is 2. The molecule has 4 aromatic rings. The van der Waals surface area contributed by atoms with E-state index >= 15 is 0 Å². The van der Waals surface area contributed by atoms with Crippen LogP contribution in [0.3, 0.4) is 0 Å². The molecule has 0 unspecified atom stereocenters. The molecule has 0 saturated carbocycles. The Labute approximate surface area is 178 Å². The Kier molecular flexibility index (Phi) is 2.25. The second-order valence-corrected chi connectivity index (χ2v) is 7.71. The smallest absolute Gasteiger partial charge is 0.227 e. The lowest BCUT2D eigenvalue weighted by atomic mass is 9.98. The van der Waals surface area contributed by atoms with E-state index in [2.05, 4.69) is 18.8 Å². The van der Waals surface area contributed by atoms with Crippen molar-refractivity contribution in [1.29, 1.82) is 0 Å². The summed E-state index contributed by atoms with van der Waals surface area (Å²) in [6, 6.07) is 9.63. The number of rotatable bonds is 3. The molecule has 142 valence electrons. The third kappa shape index (κ3) is 2.56. The molecule has 3 aromatic heterocycles. The van der Waals surface area contributed by atoms with Crippen LogP contribution in [0.15, 0.2) is 40.9 Å². The highest BCUT2D eigenvalue weighted by Gasteiger charge is 2.31. The van der Waals surface area contributed by atoms with Gasteiger partial charge in [-0.2, -0.15) is 4.57 Å². The maximum absolute atomic E-state index is 8.67. The molecule has 3 nitrogen and oxygen atoms in total. The molecule has 0 radical (unpaired) electrons. The lowest BCUT2D eigenvalue weighted by molar-refractivity contribution is -0.672. The Morgan fingerprint density at radius 2 is 2.07 bits per heavy atom. The average molecular weight is 381 g/mol. The number of nitrogens with zero attached hydrogens (tertiary/aromatic N) is 2. The predicted octanol–water partition coefficient (Wildman–Crippen LogP) is 5.93. The van der Waals surface area contributed by atoms with Gasteiger partial charge in [0.05, 0.1) is 5.56 Å². The van der Waals surface area contributed by atoms with Crippen molar-refractivity contribution in [2.45, 2.75) is 53.3 Å². The molecule has 0 fully saturated rings. The fourth-order valence-electron chi connectivity index (χ4n) is 4.00. The highest BCUT2D eigenvalue weighted by atomic mass is 16.3. The summed E-state index contributed by atoms with van der Waals surface area (Å²) in [4.78, 5) is 4.68. The van der Waals surface area contributed by atoms with E-state index in [9.17, 15) is 0 Å². The molecule has 0 aliphatic carbocycles. The maximum Gasteiger partial charge on any atom is 0.227 e. The quantitative estimate of drug-likeness (QED) is 0.363. The predicted molar refractivity (Wildman–Crippen MR) is 114 cm³/mol. The molecule has 3 heteroatoms. The molecule has 28 heavy (non-hydrogen) atoms. The summed E-state index contributed by atoms with van der Waals surface area (Å²) in [6.07, 6.45) is -1.56. The number of hydrogen-bond donors (Lipinski definition) is 0. The Morgan fingerprint density at radius 1 is 1.25 bits per heavy atom. The van der Waals surface area contributed by atoms with E-state index in [4.69, 9.17) is 16.8 Å². The third-order valence-corrected chi connectivity index (χ3v) is 5.44. The van der Waals surface area contributed by atoms with Gasteiger partial charge in [0.25, 0.3) is 0 Å². The monoisotopic (exact) mass is 380 g/mol. The molecule has 0 saturated heterocycles. The van der Waals surface area contributed by atoms with Gasteiger partial charge in [0, 0.05) is 46.0 Å². The van der Waals surface area contributed by atoms with Crippen molar-refractivity contribution in [1.82, 2.24) is 4.98 Å². The first-order valence-electron chi connectivity index (χ1n) is 13.9. The van der Waals surface area contributed by atoms with E-state index in [-0.39, 0.29) is 11.5 Å². The van der Waals surface area contributed by atoms with Crippen LogP contribution in [-0.4, -0.2) is 4.98 Å². The van der Waals surface area contributed by atoms with E-state index in [1.54, 1.807) is 17.6 Å². The minimum absolute atomic E-state index is 0.143. The molecule has 0 spiro atoms. The van der Waals surface area contributed by atoms with Crippen LogP contribution < -0.4 is 4.57 Å². The van der Waals surface area contributed by atoms with Gasteiger partial charge in [-0.1, -0.05) is 33.6 Å². The number of pyridine rings is 2. The number of benzene rings is 1. The molecule has 1 aromatic carbocycles. The summed E-state index contributed by atoms with van der Waals surface area (Å²) >= 11 is 0. The molecular formula is C25H27N2O+. The van der Waals surface area contributed by atoms with E-state index < -0.39 is 26.0 Å². The van der Waals surface area contributed by atoms with Crippen molar-refractivity contribution >= 4 is 22.1 Å². The number of aromatic nitrogens is 2. The summed E-state index contributed by atoms with van der Waals surface area (Å²) in [6.45, 7) is -0.722. The zero-order valence-electron chi connectivity index (χ0n) is 25.1. The second-order valence-electron chi connectivity index (χ2n) is 7.71. The van der Waals surface area contributed by atoms with Crippen LogP contribution in [0.25, 0.3) is 33.3 Å². The molecular weight excluding hydrogens is 344 g/mol. The van der Waals surface area contributed by atoms with Crippen LogP contribution >= 0.6 is 0 Å². The van der Waals surface area contributed by atoms with Gasteiger partial charge >= 0.3 is 0 Å². The summed E-state index contributed by atoms with van der Waals surface area (Å²) in [5.74, 6) is -3.13. The Balaban J connectivity index is 1.71. The lowest BCUT2D eigenvalue weighted by Gasteiger charge is -2.07. The molecule has 0 N–H and O–H groups in total. The Hall–Kier alpha value is -2.68. The molecule has 0 atom stereocenters. The van der Waals surface area contributed by atoms with E-state index in [0.29, 0.717) is 23.4 Å². The average Bonchev–Trinajstić information content (AvgIpc) is 3.32. The Bertz CT molecular complexity index is 1550. The van der Waals surface area contributed by atoms with Crippen LogP contribution in [0.5, 0.6) is 0 Å². The van der Waals surface area contributed by atoms with Gasteiger partial charge in [0.15, 0.2) is 18.3 Å². The SMILES string of the molecule is [2H]C([2H])([2H])C([2H])(C([2H])([2H])[2H])C([2H])([2H])c1c[n+]2c(cc1C)-c1c(ccc3c1oc1nc(C(C)C)ccc13)C2. The van der Waals surface area contributed by atoms with Crippen molar-refractivity contribution in [3.8, 4) is 11.3 Å². The third-order valence-electron chi connectivity index (χ3n) is 5.44. The second kappa shape index (κ2) is 6.16. The van der Waals surface area contributed by atoms with Gasteiger partial charge in [0.1, 0.15) is 0 Å². The van der Waals surface area contributed by atoms with Gasteiger partial charge in [0.2, 0.25) is 11.4 Å². The van der Waals surface area contributed by atoms with Crippen molar-refractivity contribution in [3.05, 3.63) is 58.9 Å². The first-order chi connectivity index (χ1) is 17.0. The molecule has 1 aliphatic heterocycles. The highest BCUT2D eigenvalue weighted by molar-refractivity contribution is 6.09. The standard InChI is InChI=1S/C25H27N2O/c1-14(2)10-18-13-27-12-17-6-7-19-20-8-9-21(15(3)4)26-25(20)28-24(19)23(17)22(27)11-16(18)5/h6-9,11,13-15H,10,12H2,1-5H3/q+1/i1D3,2D3,10D2,14D. The molecule has 1 aliphatic rings. The zero-order valence-corrected chi connectivity index (χ0v) is 16.1. The molecule has 4 heterocycles. The van der Waals surface area contributed by atoms with Gasteiger partial charge in [-0.15, -0.1) is 0 Å². The largest absolute Gasteiger partial charge is 0.437 e. The van der Waals surface area contributed by atoms with Crippen molar-refractivity contribution in [2.75, 3.05) is 0 Å². The highest BCUT2D eigenvalue weighted by Crippen LogP contribution is 2.39. The van der Waals surface area contributed by atoms with Crippen LogP contribution in [-0.2, 0) is 12.9 Å². The fraction of sp³-hybridized carbons (Fsp3) is 0.360. The normalized spacial score (nSPS) is 19.6. The van der Waals surface area contributed by atoms with E-state index in [1.807, 2.05) is 24.3 Å². The van der Waals surface area contributed by atoms with Gasteiger partial charge < -0.3 is 4.42 Å². The topological polar surface area (TPSA) is 29.9 Å². The number of fused-ring (bicyclic) bond motifs is 7. The number of furan rings is 1. The van der Waals surface area contributed by atoms with Gasteiger partial charge in [-0.3, -0.25) is 0 Å². The van der Waals surface area contributed by atoms with Gasteiger partial charge in [-0.05, 0) is 48.9 Å². The van der Waals surface area contributed by atoms with Gasteiger partial charge in [-0.25, -0.2) is 4.98 Å². The van der Waals surface area contributed by atoms with Crippen LogP contribution in [0.1, 0.15) is 68.2 Å². The molecule has 5 rings (SSSR count). The Morgan fingerprint density at radius 3 is 2.86 bits per heavy atom. The minimum Gasteiger partial charge on any atom is -0.437 e. The lowest BCUT2D eigenvalue weighted by Crippen LogP contribution is -2.33. The number of aryl methyl sites for hydroxylation is 1. The summed E-state index contributed by atoms with van der Waals surface area (Å²) in [5, 5.41) is 1.79. The van der Waals surface area contributed by atoms with Crippen LogP contribution in [0.4, 0.5) is 0 Å². The van der Waals surface area contributed by atoms with Crippen molar-refractivity contribution in [3.63, 3.8) is 0 Å². The summed E-state index contributed by atoms with van der Waals surface area (Å²) in [5.41, 5.74) is 4.81. The van der Waals surface area contributed by atoms with Crippen molar-refractivity contribution < 1.29 is 21.3 Å². The maximum atomic E-state index is 8.67. The minimum atomic E-state index is -3.40. The summed E-state index contributed by atoms with van der Waals surface area (Å²) in [7, 11) is 0.